The Morgan fingerprint density at radius 2 is 1.21 bits per heavy atom. The van der Waals surface area contributed by atoms with Gasteiger partial charge in [-0.2, -0.15) is 18.2 Å². The van der Waals surface area contributed by atoms with E-state index in [4.69, 9.17) is 4.42 Å². The van der Waals surface area contributed by atoms with E-state index in [1.807, 2.05) is 85.9 Å². The number of hydrogen-bond acceptors (Lipinski definition) is 3. The standard InChI is InChI=1S/C30H20OP.C22H20NO.Ir/c31-32(28-16-13-22-7-1-4-10-25(22)19-28,29-17-14-23-8-2-5-11-26(23)20-29)30-18-15-24-9-3-6-12-27(24)21-30;1-14(2)12-16-6-4-7-17-18-8-5-9-19(22(18)24-21(16)17)20-11-10-15(3)13-23-20;/h1-17,19-21H;4-8,10-11,13-14H,12H2,1-3H3;/q2*-1;. The van der Waals surface area contributed by atoms with Crippen LogP contribution in [0.1, 0.15) is 25.0 Å². The first-order valence-corrected chi connectivity index (χ1v) is 20.8. The predicted molar refractivity (Wildman–Crippen MR) is 236 cm³/mol. The molecule has 0 bridgehead atoms. The topological polar surface area (TPSA) is 43.1 Å². The normalized spacial score (nSPS) is 11.6. The molecule has 1 radical (unpaired) electrons. The Morgan fingerprint density at radius 3 is 1.82 bits per heavy atom. The Hall–Kier alpha value is -5.63. The smallest absolute Gasteiger partial charge is 0.147 e. The zero-order chi connectivity index (χ0) is 38.2. The number of aromatic nitrogens is 1. The predicted octanol–water partition coefficient (Wildman–Crippen LogP) is 12.5. The number of pyridine rings is 1. The van der Waals surface area contributed by atoms with Crippen molar-refractivity contribution < 1.29 is 29.1 Å². The van der Waals surface area contributed by atoms with Crippen molar-refractivity contribution in [2.24, 2.45) is 5.92 Å². The Balaban J connectivity index is 0.000000163. The van der Waals surface area contributed by atoms with Gasteiger partial charge in [0.1, 0.15) is 12.7 Å². The van der Waals surface area contributed by atoms with Gasteiger partial charge in [-0.25, -0.2) is 0 Å². The summed E-state index contributed by atoms with van der Waals surface area (Å²) in [6, 6.07) is 62.2. The zero-order valence-electron chi connectivity index (χ0n) is 32.0. The van der Waals surface area contributed by atoms with Crippen molar-refractivity contribution in [3.05, 3.63) is 193 Å². The minimum absolute atomic E-state index is 0. The SMILES string of the molecule is Cc1ccc(-c2[c-]ccc3c2oc2c(CC(C)C)cccc23)nc1.O=P(c1[c-]cc2ccccc2c1)(c1ccc2ccccc2c1)c1ccc2ccccc2c1.[Ir]. The van der Waals surface area contributed by atoms with Gasteiger partial charge < -0.3 is 14.0 Å². The first kappa shape index (κ1) is 38.3. The van der Waals surface area contributed by atoms with E-state index in [9.17, 15) is 0 Å². The summed E-state index contributed by atoms with van der Waals surface area (Å²) in [7, 11) is -3.15. The molecule has 57 heavy (non-hydrogen) atoms. The molecule has 0 saturated heterocycles. The average Bonchev–Trinajstić information content (AvgIpc) is 3.63. The third-order valence-corrected chi connectivity index (χ3v) is 13.5. The van der Waals surface area contributed by atoms with E-state index >= 15 is 4.57 Å². The van der Waals surface area contributed by atoms with Gasteiger partial charge in [-0.05, 0) is 69.8 Å². The van der Waals surface area contributed by atoms with Gasteiger partial charge in [-0.3, -0.25) is 0 Å². The molecule has 0 saturated carbocycles. The van der Waals surface area contributed by atoms with Gasteiger partial charge in [0.15, 0.2) is 0 Å². The Bertz CT molecular complexity index is 2890. The third-order valence-electron chi connectivity index (χ3n) is 10.5. The van der Waals surface area contributed by atoms with Crippen LogP contribution in [0.5, 0.6) is 0 Å². The maximum absolute atomic E-state index is 15.1. The number of benzene rings is 8. The van der Waals surface area contributed by atoms with E-state index in [1.54, 1.807) is 0 Å². The maximum atomic E-state index is 15.1. The van der Waals surface area contributed by atoms with E-state index in [1.165, 1.54) is 10.9 Å². The van der Waals surface area contributed by atoms with Gasteiger partial charge in [0, 0.05) is 42.3 Å². The van der Waals surface area contributed by atoms with Crippen LogP contribution in [0.3, 0.4) is 0 Å². The Morgan fingerprint density at radius 1 is 0.614 bits per heavy atom. The first-order valence-electron chi connectivity index (χ1n) is 19.1. The summed E-state index contributed by atoms with van der Waals surface area (Å²) < 4.78 is 21.4. The van der Waals surface area contributed by atoms with Crippen LogP contribution in [0.2, 0.25) is 0 Å². The van der Waals surface area contributed by atoms with Crippen molar-refractivity contribution in [2.45, 2.75) is 27.2 Å². The minimum Gasteiger partial charge on any atom is -0.500 e. The largest absolute Gasteiger partial charge is 0.500 e. The van der Waals surface area contributed by atoms with Gasteiger partial charge in [0.05, 0.1) is 5.58 Å². The van der Waals surface area contributed by atoms with E-state index in [0.717, 1.165) is 88.0 Å². The zero-order valence-corrected chi connectivity index (χ0v) is 35.3. The number of furan rings is 1. The monoisotopic (exact) mass is 934 g/mol. The Kier molecular flexibility index (Phi) is 10.8. The molecule has 0 aliphatic rings. The molecule has 0 fully saturated rings. The van der Waals surface area contributed by atoms with Gasteiger partial charge in [-0.1, -0.05) is 151 Å². The van der Waals surface area contributed by atoms with Crippen molar-refractivity contribution in [1.82, 2.24) is 4.98 Å². The van der Waals surface area contributed by atoms with Crippen molar-refractivity contribution in [1.29, 1.82) is 0 Å². The number of fused-ring (bicyclic) bond motifs is 6. The molecule has 10 rings (SSSR count). The number of para-hydroxylation sites is 1. The molecule has 0 amide bonds. The molecule has 0 atom stereocenters. The summed E-state index contributed by atoms with van der Waals surface area (Å²) in [4.78, 5) is 4.55. The van der Waals surface area contributed by atoms with Crippen molar-refractivity contribution in [3.63, 3.8) is 0 Å². The van der Waals surface area contributed by atoms with E-state index in [0.29, 0.717) is 5.92 Å². The van der Waals surface area contributed by atoms with E-state index < -0.39 is 7.14 Å². The molecule has 0 N–H and O–H groups in total. The summed E-state index contributed by atoms with van der Waals surface area (Å²) in [5.74, 6) is 0.591. The Labute approximate surface area is 347 Å². The summed E-state index contributed by atoms with van der Waals surface area (Å²) in [6.45, 7) is 6.51. The minimum atomic E-state index is -3.15. The number of rotatable bonds is 6. The van der Waals surface area contributed by atoms with Crippen LogP contribution in [0.25, 0.3) is 65.5 Å². The number of hydrogen-bond donors (Lipinski definition) is 0. The average molecular weight is 934 g/mol. The molecular weight excluding hydrogens is 894 g/mol. The quantitative estimate of drug-likeness (QED) is 0.123. The van der Waals surface area contributed by atoms with Crippen molar-refractivity contribution >= 4 is 77.3 Å². The number of nitrogens with zero attached hydrogens (tertiary/aromatic N) is 1. The molecule has 10 aromatic rings. The second-order valence-electron chi connectivity index (χ2n) is 14.9. The van der Waals surface area contributed by atoms with Crippen LogP contribution in [-0.4, -0.2) is 4.98 Å². The van der Waals surface area contributed by atoms with Gasteiger partial charge in [0.2, 0.25) is 0 Å². The molecule has 2 aromatic heterocycles. The van der Waals surface area contributed by atoms with Crippen LogP contribution in [0, 0.1) is 25.0 Å². The molecule has 8 aromatic carbocycles. The molecule has 0 spiro atoms. The molecule has 5 heteroatoms. The maximum Gasteiger partial charge on any atom is 0.147 e. The summed E-state index contributed by atoms with van der Waals surface area (Å²) in [5, 5.41) is 11.3. The van der Waals surface area contributed by atoms with Crippen LogP contribution < -0.4 is 15.9 Å². The van der Waals surface area contributed by atoms with E-state index in [-0.39, 0.29) is 20.1 Å². The molecule has 0 unspecified atom stereocenters. The second kappa shape index (κ2) is 16.1. The molecule has 0 aliphatic carbocycles. The summed E-state index contributed by atoms with van der Waals surface area (Å²) in [6.07, 6.45) is 2.90. The van der Waals surface area contributed by atoms with Crippen LogP contribution in [0.15, 0.2) is 174 Å². The van der Waals surface area contributed by atoms with Crippen molar-refractivity contribution in [2.75, 3.05) is 0 Å². The first-order chi connectivity index (χ1) is 27.3. The second-order valence-corrected chi connectivity index (χ2v) is 17.7. The molecule has 3 nitrogen and oxygen atoms in total. The molecule has 2 heterocycles. The van der Waals surface area contributed by atoms with E-state index in [2.05, 4.69) is 122 Å². The van der Waals surface area contributed by atoms with Gasteiger partial charge >= 0.3 is 0 Å². The fraction of sp³-hybridized carbons (Fsp3) is 0.0962. The van der Waals surface area contributed by atoms with Crippen LogP contribution in [-0.2, 0) is 31.1 Å². The number of aryl methyl sites for hydroxylation is 1. The fourth-order valence-electron chi connectivity index (χ4n) is 7.70. The summed E-state index contributed by atoms with van der Waals surface area (Å²) >= 11 is 0. The fourth-order valence-corrected chi connectivity index (χ4v) is 10.3. The third kappa shape index (κ3) is 7.38. The van der Waals surface area contributed by atoms with Gasteiger partial charge in [-0.15, -0.1) is 35.0 Å². The van der Waals surface area contributed by atoms with Crippen LogP contribution in [0.4, 0.5) is 0 Å². The van der Waals surface area contributed by atoms with Crippen LogP contribution >= 0.6 is 7.14 Å². The molecule has 0 aliphatic heterocycles. The molecular formula is C52H40IrNO2P-2. The summed E-state index contributed by atoms with van der Waals surface area (Å²) in [5.41, 5.74) is 6.11. The van der Waals surface area contributed by atoms with Crippen molar-refractivity contribution in [3.8, 4) is 11.3 Å². The molecule has 281 valence electrons. The van der Waals surface area contributed by atoms with Gasteiger partial charge in [0.25, 0.3) is 0 Å².